The van der Waals surface area contributed by atoms with Crippen LogP contribution in [0.5, 0.6) is 0 Å². The van der Waals surface area contributed by atoms with Crippen molar-refractivity contribution in [1.29, 1.82) is 0 Å². The highest BCUT2D eigenvalue weighted by Gasteiger charge is 2.43. The number of ether oxygens (including phenoxy) is 1. The number of benzene rings is 2. The molecule has 5 nitrogen and oxygen atoms in total. The van der Waals surface area contributed by atoms with Gasteiger partial charge in [-0.1, -0.05) is 37.3 Å². The lowest BCUT2D eigenvalue weighted by atomic mass is 9.85. The topological polar surface area (TPSA) is 61.8 Å². The highest BCUT2D eigenvalue weighted by Crippen LogP contribution is 2.37. The molecule has 1 heterocycles. The molecule has 216 valence electrons. The predicted molar refractivity (Wildman–Crippen MR) is 134 cm³/mol. The maximum atomic E-state index is 13.3. The molecule has 39 heavy (non-hydrogen) atoms. The monoisotopic (exact) mass is 560 g/mol. The SMILES string of the molecule is CCC1CC(NCc2cc(C(F)(F)F)cc(C(F)(F)F)c2)CC(C(O)c2ccccc2)N1C(=O)OC(C)(C)C. The van der Waals surface area contributed by atoms with Crippen molar-refractivity contribution in [3.05, 3.63) is 70.8 Å². The Morgan fingerprint density at radius 1 is 1.00 bits per heavy atom. The van der Waals surface area contributed by atoms with Gasteiger partial charge in [-0.15, -0.1) is 0 Å². The Morgan fingerprint density at radius 3 is 2.05 bits per heavy atom. The summed E-state index contributed by atoms with van der Waals surface area (Å²) in [5.74, 6) is 0. The molecule has 0 bridgehead atoms. The summed E-state index contributed by atoms with van der Waals surface area (Å²) in [6.07, 6.45) is -10.5. The van der Waals surface area contributed by atoms with Gasteiger partial charge in [-0.05, 0) is 69.4 Å². The van der Waals surface area contributed by atoms with Gasteiger partial charge in [0.05, 0.1) is 23.3 Å². The number of halogens is 6. The van der Waals surface area contributed by atoms with E-state index in [4.69, 9.17) is 4.74 Å². The zero-order valence-corrected chi connectivity index (χ0v) is 22.2. The Balaban J connectivity index is 1.89. The smallest absolute Gasteiger partial charge is 0.416 e. The van der Waals surface area contributed by atoms with Gasteiger partial charge in [-0.2, -0.15) is 26.3 Å². The van der Waals surface area contributed by atoms with Crippen molar-refractivity contribution in [2.75, 3.05) is 0 Å². The number of likely N-dealkylation sites (tertiary alicyclic amines) is 1. The van der Waals surface area contributed by atoms with Crippen LogP contribution in [0.1, 0.15) is 75.3 Å². The first-order valence-electron chi connectivity index (χ1n) is 12.8. The number of rotatable bonds is 6. The first kappa shape index (κ1) is 30.7. The molecule has 2 aromatic rings. The van der Waals surface area contributed by atoms with Crippen LogP contribution in [0.15, 0.2) is 48.5 Å². The molecule has 0 aliphatic carbocycles. The van der Waals surface area contributed by atoms with E-state index in [9.17, 15) is 36.2 Å². The molecule has 1 saturated heterocycles. The van der Waals surface area contributed by atoms with Gasteiger partial charge in [0.25, 0.3) is 0 Å². The summed E-state index contributed by atoms with van der Waals surface area (Å²) in [4.78, 5) is 14.8. The van der Waals surface area contributed by atoms with Crippen LogP contribution in [0.25, 0.3) is 0 Å². The molecule has 0 spiro atoms. The van der Waals surface area contributed by atoms with E-state index in [0.717, 1.165) is 0 Å². The second kappa shape index (κ2) is 11.8. The fourth-order valence-electron chi connectivity index (χ4n) is 4.88. The lowest BCUT2D eigenvalue weighted by Gasteiger charge is -2.47. The number of alkyl halides is 6. The number of nitrogens with zero attached hydrogens (tertiary/aromatic N) is 1. The fraction of sp³-hybridized carbons (Fsp3) is 0.536. The van der Waals surface area contributed by atoms with Crippen LogP contribution in [-0.4, -0.2) is 39.8 Å². The minimum atomic E-state index is -4.94. The molecule has 1 aliphatic rings. The molecule has 1 fully saturated rings. The van der Waals surface area contributed by atoms with Crippen molar-refractivity contribution in [2.45, 2.75) is 95.7 Å². The van der Waals surface area contributed by atoms with Crippen LogP contribution in [-0.2, 0) is 23.6 Å². The first-order valence-corrected chi connectivity index (χ1v) is 12.8. The van der Waals surface area contributed by atoms with Gasteiger partial charge in [0.1, 0.15) is 5.60 Å². The van der Waals surface area contributed by atoms with Crippen molar-refractivity contribution in [1.82, 2.24) is 10.2 Å². The van der Waals surface area contributed by atoms with Crippen molar-refractivity contribution in [3.63, 3.8) is 0 Å². The third-order valence-electron chi connectivity index (χ3n) is 6.66. The van der Waals surface area contributed by atoms with Crippen LogP contribution >= 0.6 is 0 Å². The van der Waals surface area contributed by atoms with Crippen LogP contribution < -0.4 is 5.32 Å². The van der Waals surface area contributed by atoms with Gasteiger partial charge in [0.2, 0.25) is 0 Å². The number of amides is 1. The Kier molecular flexibility index (Phi) is 9.27. The third kappa shape index (κ3) is 8.11. The van der Waals surface area contributed by atoms with E-state index in [0.29, 0.717) is 30.5 Å². The number of hydrogen-bond acceptors (Lipinski definition) is 4. The number of hydrogen-bond donors (Lipinski definition) is 2. The van der Waals surface area contributed by atoms with E-state index < -0.39 is 53.4 Å². The van der Waals surface area contributed by atoms with Gasteiger partial charge in [0, 0.05) is 18.6 Å². The van der Waals surface area contributed by atoms with Gasteiger partial charge >= 0.3 is 18.4 Å². The largest absolute Gasteiger partial charge is 0.444 e. The maximum absolute atomic E-state index is 13.3. The molecule has 11 heteroatoms. The number of carbonyl (C=O) groups excluding carboxylic acids is 1. The number of aliphatic hydroxyl groups is 1. The van der Waals surface area contributed by atoms with E-state index in [-0.39, 0.29) is 30.6 Å². The molecule has 4 unspecified atom stereocenters. The summed E-state index contributed by atoms with van der Waals surface area (Å²) >= 11 is 0. The molecule has 1 amide bonds. The maximum Gasteiger partial charge on any atom is 0.416 e. The number of piperidine rings is 1. The molecule has 2 aromatic carbocycles. The quantitative estimate of drug-likeness (QED) is 0.370. The molecule has 0 saturated carbocycles. The standard InChI is InChI=1S/C28H34F6N2O3/c1-5-22-14-21(35-16-17-11-19(27(29,30)31)13-20(12-17)28(32,33)34)15-23(24(37)18-9-7-6-8-10-18)36(22)25(38)39-26(2,3)4/h6-13,21-24,35,37H,5,14-16H2,1-4H3. The Bertz CT molecular complexity index is 1080. The molecule has 0 aromatic heterocycles. The third-order valence-corrected chi connectivity index (χ3v) is 6.66. The molecule has 2 N–H and O–H groups in total. The average Bonchev–Trinajstić information content (AvgIpc) is 2.84. The lowest BCUT2D eigenvalue weighted by Crippen LogP contribution is -2.58. The summed E-state index contributed by atoms with van der Waals surface area (Å²) in [6.45, 7) is 6.79. The summed E-state index contributed by atoms with van der Waals surface area (Å²) < 4.78 is 85.4. The number of nitrogens with one attached hydrogen (secondary N) is 1. The molecular weight excluding hydrogens is 526 g/mol. The van der Waals surface area contributed by atoms with Crippen molar-refractivity contribution < 1.29 is 41.0 Å². The van der Waals surface area contributed by atoms with Gasteiger partial charge in [0.15, 0.2) is 0 Å². The highest BCUT2D eigenvalue weighted by molar-refractivity contribution is 5.69. The van der Waals surface area contributed by atoms with Crippen molar-refractivity contribution in [2.24, 2.45) is 0 Å². The lowest BCUT2D eigenvalue weighted by molar-refractivity contribution is -0.143. The number of aliphatic hydroxyl groups excluding tert-OH is 1. The van der Waals surface area contributed by atoms with Crippen molar-refractivity contribution >= 4 is 6.09 Å². The summed E-state index contributed by atoms with van der Waals surface area (Å²) in [5.41, 5.74) is -3.14. The van der Waals surface area contributed by atoms with E-state index in [1.807, 2.05) is 6.92 Å². The summed E-state index contributed by atoms with van der Waals surface area (Å²) in [6, 6.07) is 8.68. The second-order valence-electron chi connectivity index (χ2n) is 10.8. The van der Waals surface area contributed by atoms with Crippen LogP contribution in [0.4, 0.5) is 31.1 Å². The van der Waals surface area contributed by atoms with E-state index in [1.54, 1.807) is 51.1 Å². The highest BCUT2D eigenvalue weighted by atomic mass is 19.4. The second-order valence-corrected chi connectivity index (χ2v) is 10.8. The number of carbonyl (C=O) groups is 1. The normalized spacial score (nSPS) is 21.5. The zero-order chi connectivity index (χ0) is 29.2. The van der Waals surface area contributed by atoms with Crippen LogP contribution in [0.2, 0.25) is 0 Å². The Morgan fingerprint density at radius 2 is 1.56 bits per heavy atom. The van der Waals surface area contributed by atoms with E-state index in [2.05, 4.69) is 5.32 Å². The summed E-state index contributed by atoms with van der Waals surface area (Å²) in [7, 11) is 0. The van der Waals surface area contributed by atoms with Gasteiger partial charge in [-0.3, -0.25) is 4.90 Å². The molecule has 1 aliphatic heterocycles. The molecule has 4 atom stereocenters. The van der Waals surface area contributed by atoms with E-state index >= 15 is 0 Å². The minimum absolute atomic E-state index is 0.0994. The minimum Gasteiger partial charge on any atom is -0.444 e. The van der Waals surface area contributed by atoms with Crippen LogP contribution in [0, 0.1) is 0 Å². The Hall–Kier alpha value is -2.79. The molecular formula is C28H34F6N2O3. The zero-order valence-electron chi connectivity index (χ0n) is 22.2. The van der Waals surface area contributed by atoms with Gasteiger partial charge in [-0.25, -0.2) is 4.79 Å². The Labute approximate surface area is 224 Å². The summed E-state index contributed by atoms with van der Waals surface area (Å²) in [5, 5.41) is 14.4. The van der Waals surface area contributed by atoms with Gasteiger partial charge < -0.3 is 15.2 Å². The molecule has 0 radical (unpaired) electrons. The van der Waals surface area contributed by atoms with E-state index in [1.165, 1.54) is 4.90 Å². The van der Waals surface area contributed by atoms with Crippen LogP contribution in [0.3, 0.4) is 0 Å². The predicted octanol–water partition coefficient (Wildman–Crippen LogP) is 7.09. The van der Waals surface area contributed by atoms with Crippen molar-refractivity contribution in [3.8, 4) is 0 Å². The average molecular weight is 561 g/mol. The fourth-order valence-corrected chi connectivity index (χ4v) is 4.88. The molecule has 3 rings (SSSR count). The first-order chi connectivity index (χ1) is 18.0.